The van der Waals surface area contributed by atoms with Gasteiger partial charge in [-0.25, -0.2) is 9.52 Å². The number of aryl methyl sites for hydroxylation is 2. The highest BCUT2D eigenvalue weighted by molar-refractivity contribution is 7.87. The number of amides is 2. The lowest BCUT2D eigenvalue weighted by molar-refractivity contribution is 0.253. The molecule has 28 heavy (non-hydrogen) atoms. The van der Waals surface area contributed by atoms with E-state index in [9.17, 15) is 13.2 Å². The highest BCUT2D eigenvalue weighted by atomic mass is 32.2. The van der Waals surface area contributed by atoms with E-state index in [1.165, 1.54) is 33.6 Å². The number of benzene rings is 1. The lowest BCUT2D eigenvalue weighted by Crippen LogP contribution is -2.47. The second-order valence-electron chi connectivity index (χ2n) is 8.35. The van der Waals surface area contributed by atoms with Crippen LogP contribution < -0.4 is 10.0 Å². The summed E-state index contributed by atoms with van der Waals surface area (Å²) in [4.78, 5) is 14.8. The number of nitrogens with one attached hydrogen (secondary N) is 2. The molecular formula is C20H34N4O3S. The third-order valence-corrected chi connectivity index (χ3v) is 7.90. The minimum absolute atomic E-state index is 0. The molecule has 0 aromatic heterocycles. The molecule has 1 aromatic carbocycles. The second-order valence-corrected chi connectivity index (χ2v) is 10.1. The van der Waals surface area contributed by atoms with Gasteiger partial charge in [0.15, 0.2) is 0 Å². The molecule has 4 rings (SSSR count). The van der Waals surface area contributed by atoms with E-state index in [4.69, 9.17) is 0 Å². The van der Waals surface area contributed by atoms with E-state index < -0.39 is 16.2 Å². The van der Waals surface area contributed by atoms with Gasteiger partial charge in [0.1, 0.15) is 0 Å². The van der Waals surface area contributed by atoms with Crippen molar-refractivity contribution < 1.29 is 16.1 Å². The quantitative estimate of drug-likeness (QED) is 0.782. The van der Waals surface area contributed by atoms with Crippen molar-refractivity contribution in [3.05, 3.63) is 28.3 Å². The molecule has 0 saturated carbocycles. The van der Waals surface area contributed by atoms with E-state index in [0.717, 1.165) is 63.6 Å². The van der Waals surface area contributed by atoms with Crippen LogP contribution in [0.1, 0.15) is 50.8 Å². The number of nitrogens with zero attached hydrogens (tertiary/aromatic N) is 2. The first-order chi connectivity index (χ1) is 13.3. The van der Waals surface area contributed by atoms with Gasteiger partial charge >= 0.3 is 16.2 Å². The van der Waals surface area contributed by atoms with Crippen molar-refractivity contribution in [2.75, 3.05) is 32.5 Å². The molecule has 2 amide bonds. The molecule has 3 aliphatic rings. The first-order valence-electron chi connectivity index (χ1n) is 10.3. The Morgan fingerprint density at radius 2 is 1.82 bits per heavy atom. The maximum Gasteiger partial charge on any atom is 0.333 e. The molecule has 0 spiro atoms. The van der Waals surface area contributed by atoms with Crippen LogP contribution in [-0.4, -0.2) is 56.9 Å². The normalized spacial score (nSPS) is 21.8. The average Bonchev–Trinajstić information content (AvgIpc) is 3.35. The third-order valence-electron chi connectivity index (χ3n) is 6.48. The van der Waals surface area contributed by atoms with Crippen LogP contribution in [-0.2, 0) is 35.9 Å². The maximum absolute atomic E-state index is 12.6. The van der Waals surface area contributed by atoms with Crippen LogP contribution >= 0.6 is 0 Å². The minimum Gasteiger partial charge on any atom is -0.307 e. The zero-order valence-electron chi connectivity index (χ0n) is 16.8. The summed E-state index contributed by atoms with van der Waals surface area (Å²) < 4.78 is 28.7. The van der Waals surface area contributed by atoms with Crippen molar-refractivity contribution in [3.8, 4) is 0 Å². The first kappa shape index (κ1) is 19.7. The van der Waals surface area contributed by atoms with E-state index in [1.54, 1.807) is 0 Å². The summed E-state index contributed by atoms with van der Waals surface area (Å²) in [5.74, 6) is 0. The summed E-state index contributed by atoms with van der Waals surface area (Å²) in [5.41, 5.74) is 5.84. The number of hydrogen-bond donors (Lipinski definition) is 2. The SMILES string of the molecule is CN1CCC[C@@H]1CN(C)S(=O)(=O)NC(=O)Nc1c2c(cc3c1CCC3)CCC2.[HH].[HH]. The van der Waals surface area contributed by atoms with Crippen molar-refractivity contribution in [3.63, 3.8) is 0 Å². The Balaban J connectivity index is 0.00000160. The van der Waals surface area contributed by atoms with Gasteiger partial charge in [-0.3, -0.25) is 0 Å². The predicted octanol–water partition coefficient (Wildman–Crippen LogP) is 2.55. The van der Waals surface area contributed by atoms with Crippen LogP contribution in [0.2, 0.25) is 0 Å². The van der Waals surface area contributed by atoms with Crippen LogP contribution in [0.3, 0.4) is 0 Å². The standard InChI is InChI=1S/C20H30N4O3S.2H2/c1-23-11-5-8-16(23)13-24(2)28(26,27)22-20(25)21-19-17-9-3-6-14(17)12-15-7-4-10-18(15)19;;/h12,16H,3-11,13H2,1-2H3,(H2,21,22,25);2*1H/t16-;;/m1../s1. The van der Waals surface area contributed by atoms with Crippen molar-refractivity contribution >= 4 is 21.9 Å². The first-order valence-corrected chi connectivity index (χ1v) is 11.7. The smallest absolute Gasteiger partial charge is 0.307 e. The number of rotatable bonds is 5. The van der Waals surface area contributed by atoms with E-state index in [0.29, 0.717) is 6.54 Å². The maximum atomic E-state index is 12.6. The van der Waals surface area contributed by atoms with Crippen LogP contribution in [0.25, 0.3) is 0 Å². The number of carbonyl (C=O) groups excluding carboxylic acids is 1. The molecule has 1 heterocycles. The molecule has 7 nitrogen and oxygen atoms in total. The van der Waals surface area contributed by atoms with Gasteiger partial charge < -0.3 is 10.2 Å². The summed E-state index contributed by atoms with van der Waals surface area (Å²) in [6.07, 6.45) is 8.19. The molecule has 1 saturated heterocycles. The monoisotopic (exact) mass is 410 g/mol. The summed E-state index contributed by atoms with van der Waals surface area (Å²) in [6.45, 7) is 1.37. The number of urea groups is 1. The summed E-state index contributed by atoms with van der Waals surface area (Å²) in [5, 5.41) is 2.89. The van der Waals surface area contributed by atoms with Crippen molar-refractivity contribution in [2.45, 2.75) is 57.4 Å². The van der Waals surface area contributed by atoms with Gasteiger partial charge in [-0.15, -0.1) is 0 Å². The lowest BCUT2D eigenvalue weighted by Gasteiger charge is -2.25. The van der Waals surface area contributed by atoms with Gasteiger partial charge in [-0.05, 0) is 87.2 Å². The zero-order valence-corrected chi connectivity index (χ0v) is 17.6. The Hall–Kier alpha value is -1.64. The van der Waals surface area contributed by atoms with Crippen LogP contribution in [0.15, 0.2) is 6.07 Å². The number of hydrogen-bond acceptors (Lipinski definition) is 4. The highest BCUT2D eigenvalue weighted by Gasteiger charge is 2.29. The van der Waals surface area contributed by atoms with Crippen molar-refractivity contribution in [2.24, 2.45) is 0 Å². The number of fused-ring (bicyclic) bond motifs is 2. The topological polar surface area (TPSA) is 81.8 Å². The zero-order chi connectivity index (χ0) is 19.9. The van der Waals surface area contributed by atoms with Crippen molar-refractivity contribution in [1.82, 2.24) is 13.9 Å². The van der Waals surface area contributed by atoms with Crippen LogP contribution in [0, 0.1) is 0 Å². The van der Waals surface area contributed by atoms with Crippen LogP contribution in [0.4, 0.5) is 10.5 Å². The molecule has 0 bridgehead atoms. The molecule has 2 N–H and O–H groups in total. The Bertz CT molecular complexity index is 862. The number of anilines is 1. The fourth-order valence-corrected chi connectivity index (χ4v) is 5.72. The molecule has 0 radical (unpaired) electrons. The average molecular weight is 411 g/mol. The highest BCUT2D eigenvalue weighted by Crippen LogP contribution is 2.38. The molecule has 1 atom stereocenters. The van der Waals surface area contributed by atoms with E-state index in [-0.39, 0.29) is 8.90 Å². The molecule has 1 fully saturated rings. The van der Waals surface area contributed by atoms with Gasteiger partial charge in [0, 0.05) is 28.2 Å². The second kappa shape index (κ2) is 7.65. The third kappa shape index (κ3) is 3.77. The van der Waals surface area contributed by atoms with Gasteiger partial charge in [-0.1, -0.05) is 6.07 Å². The molecule has 1 aliphatic heterocycles. The molecule has 8 heteroatoms. The minimum atomic E-state index is -3.87. The Kier molecular flexibility index (Phi) is 5.37. The van der Waals surface area contributed by atoms with E-state index >= 15 is 0 Å². The van der Waals surface area contributed by atoms with Crippen LogP contribution in [0.5, 0.6) is 0 Å². The molecule has 1 aromatic rings. The van der Waals surface area contributed by atoms with Gasteiger partial charge in [-0.2, -0.15) is 12.7 Å². The summed E-state index contributed by atoms with van der Waals surface area (Å²) in [6, 6.07) is 1.82. The fraction of sp³-hybridized carbons (Fsp3) is 0.650. The van der Waals surface area contributed by atoms with E-state index in [1.807, 2.05) is 7.05 Å². The molecule has 158 valence electrons. The number of carbonyl (C=O) groups is 1. The summed E-state index contributed by atoms with van der Waals surface area (Å²) >= 11 is 0. The van der Waals surface area contributed by atoms with Gasteiger partial charge in [0.25, 0.3) is 0 Å². The van der Waals surface area contributed by atoms with Crippen molar-refractivity contribution in [1.29, 1.82) is 0 Å². The Morgan fingerprint density at radius 1 is 1.18 bits per heavy atom. The molecule has 2 aliphatic carbocycles. The van der Waals surface area contributed by atoms with Gasteiger partial charge in [0.2, 0.25) is 0 Å². The van der Waals surface area contributed by atoms with E-state index in [2.05, 4.69) is 21.0 Å². The summed E-state index contributed by atoms with van der Waals surface area (Å²) in [7, 11) is -0.338. The number of likely N-dealkylation sites (tertiary alicyclic amines) is 1. The number of likely N-dealkylation sites (N-methyl/N-ethyl adjacent to an activating group) is 2. The Morgan fingerprint density at radius 3 is 2.39 bits per heavy atom. The fourth-order valence-electron chi connectivity index (χ4n) is 4.91. The molecular weight excluding hydrogens is 376 g/mol. The lowest BCUT2D eigenvalue weighted by atomic mass is 9.99. The largest absolute Gasteiger partial charge is 0.333 e. The Labute approximate surface area is 170 Å². The van der Waals surface area contributed by atoms with Gasteiger partial charge in [0.05, 0.1) is 0 Å². The molecule has 0 unspecified atom stereocenters. The predicted molar refractivity (Wildman–Crippen MR) is 114 cm³/mol.